The van der Waals surface area contributed by atoms with Crippen molar-refractivity contribution in [2.75, 3.05) is 0 Å². The summed E-state index contributed by atoms with van der Waals surface area (Å²) in [6.07, 6.45) is 1.29. The van der Waals surface area contributed by atoms with Crippen molar-refractivity contribution < 1.29 is 24.2 Å². The van der Waals surface area contributed by atoms with Crippen molar-refractivity contribution in [1.29, 1.82) is 0 Å². The van der Waals surface area contributed by atoms with Crippen LogP contribution in [0.2, 0.25) is 0 Å². The molecular weight excluding hydrogens is 520 g/mol. The zero-order valence-electron chi connectivity index (χ0n) is 25.1. The highest BCUT2D eigenvalue weighted by molar-refractivity contribution is 6.00. The van der Waals surface area contributed by atoms with Crippen LogP contribution in [0.4, 0.5) is 0 Å². The third kappa shape index (κ3) is 5.16. The van der Waals surface area contributed by atoms with E-state index in [1.807, 2.05) is 39.0 Å². The summed E-state index contributed by atoms with van der Waals surface area (Å²) in [5.41, 5.74) is 7.29. The number of nitrogens with one attached hydrogen (secondary N) is 1. The van der Waals surface area contributed by atoms with Crippen molar-refractivity contribution >= 4 is 17.8 Å². The molecular formula is C32H42N4O5. The number of carbonyl (C=O) groups is 2. The molecule has 2 aromatic carbocycles. The number of guanidine groups is 1. The van der Waals surface area contributed by atoms with Crippen molar-refractivity contribution in [3.63, 3.8) is 0 Å². The Hall–Kier alpha value is -3.59. The number of aliphatic hydroxyl groups excluding tert-OH is 1. The van der Waals surface area contributed by atoms with Crippen molar-refractivity contribution in [2.45, 2.75) is 109 Å². The highest BCUT2D eigenvalue weighted by Gasteiger charge is 2.47. The quantitative estimate of drug-likeness (QED) is 0.485. The van der Waals surface area contributed by atoms with Gasteiger partial charge < -0.3 is 25.6 Å². The summed E-state index contributed by atoms with van der Waals surface area (Å²) in [4.78, 5) is 33.4. The van der Waals surface area contributed by atoms with Crippen molar-refractivity contribution in [2.24, 2.45) is 10.7 Å². The van der Waals surface area contributed by atoms with Gasteiger partial charge >= 0.3 is 0 Å². The zero-order chi connectivity index (χ0) is 29.9. The number of amides is 2. The summed E-state index contributed by atoms with van der Waals surface area (Å²) in [7, 11) is 0. The van der Waals surface area contributed by atoms with Crippen molar-refractivity contribution in [1.82, 2.24) is 10.2 Å². The lowest BCUT2D eigenvalue weighted by atomic mass is 9.81. The Labute approximate surface area is 242 Å². The lowest BCUT2D eigenvalue weighted by Gasteiger charge is -2.46. The fraction of sp³-hybridized carbons (Fsp3) is 0.531. The van der Waals surface area contributed by atoms with Crippen LogP contribution >= 0.6 is 0 Å². The zero-order valence-corrected chi connectivity index (χ0v) is 25.1. The van der Waals surface area contributed by atoms with Gasteiger partial charge in [0.05, 0.1) is 24.0 Å². The van der Waals surface area contributed by atoms with E-state index in [1.165, 1.54) is 0 Å². The van der Waals surface area contributed by atoms with Crippen LogP contribution in [0.25, 0.3) is 0 Å². The molecule has 0 fully saturated rings. The van der Waals surface area contributed by atoms with E-state index in [2.05, 4.69) is 24.2 Å². The largest absolute Gasteiger partial charge is 0.487 e. The van der Waals surface area contributed by atoms with Crippen LogP contribution in [0.15, 0.2) is 41.4 Å². The smallest absolute Gasteiger partial charge is 0.251 e. The van der Waals surface area contributed by atoms with Crippen molar-refractivity contribution in [3.05, 3.63) is 58.7 Å². The van der Waals surface area contributed by atoms with E-state index in [0.29, 0.717) is 29.0 Å². The van der Waals surface area contributed by atoms with Gasteiger partial charge in [-0.15, -0.1) is 0 Å². The Bertz CT molecular complexity index is 1410. The number of carbonyl (C=O) groups excluding carboxylic acids is 2. The van der Waals surface area contributed by atoms with Crippen LogP contribution in [0.3, 0.4) is 0 Å². The molecule has 0 unspecified atom stereocenters. The molecule has 0 saturated carbocycles. The fourth-order valence-corrected chi connectivity index (χ4v) is 6.31. The van der Waals surface area contributed by atoms with Crippen LogP contribution in [-0.4, -0.2) is 50.6 Å². The number of ether oxygens (including phenoxy) is 2. The summed E-state index contributed by atoms with van der Waals surface area (Å²) in [6.45, 7) is 13.5. The Morgan fingerprint density at radius 3 is 2.39 bits per heavy atom. The number of fused-ring (bicyclic) bond motifs is 2. The lowest BCUT2D eigenvalue weighted by Crippen LogP contribution is -2.54. The average Bonchev–Trinajstić information content (AvgIpc) is 2.90. The summed E-state index contributed by atoms with van der Waals surface area (Å²) in [5.74, 6) is 0.985. The molecule has 0 aromatic heterocycles. The molecule has 9 nitrogen and oxygen atoms in total. The van der Waals surface area contributed by atoms with Gasteiger partial charge in [-0.25, -0.2) is 4.99 Å². The maximum atomic E-state index is 13.8. The molecule has 0 radical (unpaired) electrons. The van der Waals surface area contributed by atoms with Crippen molar-refractivity contribution in [3.8, 4) is 11.5 Å². The standard InChI is InChI=1S/C32H42N4O5/c1-8-32(9-2)16-22(36-25(37)17-30(4,5)35-29(36)33)20-15-19(11-13-23(20)41-32)28(39)34-26-21-14-18(3)10-12-24(21)40-31(6,7)27(26)38/h10-15,22,26-27,38H,8-9,16-17H2,1-7H3,(H2,33,35)(H,34,39)/t22-,26+,27-/m1/s1. The first kappa shape index (κ1) is 28.9. The predicted octanol–water partition coefficient (Wildman–Crippen LogP) is 4.71. The average molecular weight is 563 g/mol. The minimum atomic E-state index is -0.977. The molecule has 3 aliphatic rings. The van der Waals surface area contributed by atoms with E-state index in [1.54, 1.807) is 36.9 Å². The van der Waals surface area contributed by atoms with E-state index in [9.17, 15) is 14.7 Å². The second-order valence-electron chi connectivity index (χ2n) is 12.8. The van der Waals surface area contributed by atoms with Crippen LogP contribution in [-0.2, 0) is 4.79 Å². The highest BCUT2D eigenvalue weighted by atomic mass is 16.5. The molecule has 5 rings (SSSR count). The number of aliphatic hydroxyl groups is 1. The summed E-state index contributed by atoms with van der Waals surface area (Å²) >= 11 is 0. The van der Waals surface area contributed by atoms with E-state index in [4.69, 9.17) is 15.2 Å². The van der Waals surface area contributed by atoms with Crippen LogP contribution in [0.1, 0.15) is 106 Å². The Kier molecular flexibility index (Phi) is 7.09. The number of hydrogen-bond donors (Lipinski definition) is 3. The molecule has 220 valence electrons. The molecule has 4 N–H and O–H groups in total. The topological polar surface area (TPSA) is 126 Å². The molecule has 0 saturated heterocycles. The number of aliphatic imine (C=N–C) groups is 1. The van der Waals surface area contributed by atoms with Crippen LogP contribution in [0.5, 0.6) is 11.5 Å². The van der Waals surface area contributed by atoms with Gasteiger partial charge in [-0.3, -0.25) is 14.5 Å². The molecule has 2 aromatic rings. The SMILES string of the molecule is CCC1(CC)C[C@@H](N2C(=O)CC(C)(C)N=C2N)c2cc(C(=O)N[C@H]3c4cc(C)ccc4OC(C)(C)[C@@H]3O)ccc2O1. The predicted molar refractivity (Wildman–Crippen MR) is 157 cm³/mol. The van der Waals surface area contributed by atoms with Gasteiger partial charge in [0.2, 0.25) is 5.91 Å². The molecule has 3 aliphatic heterocycles. The Morgan fingerprint density at radius 2 is 1.73 bits per heavy atom. The minimum absolute atomic E-state index is 0.101. The van der Waals surface area contributed by atoms with E-state index < -0.39 is 34.9 Å². The number of aryl methyl sites for hydroxylation is 1. The van der Waals surface area contributed by atoms with Gasteiger partial charge in [-0.05, 0) is 71.7 Å². The molecule has 3 atom stereocenters. The van der Waals surface area contributed by atoms with Crippen LogP contribution < -0.4 is 20.5 Å². The number of nitrogens with zero attached hydrogens (tertiary/aromatic N) is 2. The fourth-order valence-electron chi connectivity index (χ4n) is 6.31. The summed E-state index contributed by atoms with van der Waals surface area (Å²) in [6, 6.07) is 9.92. The normalized spacial score (nSPS) is 25.7. The summed E-state index contributed by atoms with van der Waals surface area (Å²) in [5, 5.41) is 14.3. The second-order valence-corrected chi connectivity index (χ2v) is 12.8. The monoisotopic (exact) mass is 562 g/mol. The number of hydrogen-bond acceptors (Lipinski definition) is 7. The second kappa shape index (κ2) is 10.0. The minimum Gasteiger partial charge on any atom is -0.487 e. The van der Waals surface area contributed by atoms with Crippen LogP contribution in [0, 0.1) is 6.92 Å². The first-order valence-electron chi connectivity index (χ1n) is 14.5. The molecule has 41 heavy (non-hydrogen) atoms. The Morgan fingerprint density at radius 1 is 1.07 bits per heavy atom. The first-order valence-corrected chi connectivity index (χ1v) is 14.5. The van der Waals surface area contributed by atoms with Gasteiger partial charge in [0.15, 0.2) is 5.96 Å². The van der Waals surface area contributed by atoms with E-state index in [0.717, 1.165) is 24.0 Å². The third-order valence-corrected chi connectivity index (χ3v) is 8.83. The molecule has 0 bridgehead atoms. The maximum Gasteiger partial charge on any atom is 0.251 e. The summed E-state index contributed by atoms with van der Waals surface area (Å²) < 4.78 is 12.6. The number of nitrogens with two attached hydrogens (primary N) is 1. The third-order valence-electron chi connectivity index (χ3n) is 8.83. The lowest BCUT2D eigenvalue weighted by molar-refractivity contribution is -0.132. The van der Waals surface area contributed by atoms with Gasteiger partial charge in [0.1, 0.15) is 28.8 Å². The van der Waals surface area contributed by atoms with Gasteiger partial charge in [-0.2, -0.15) is 0 Å². The highest BCUT2D eigenvalue weighted by Crippen LogP contribution is 2.47. The molecule has 0 aliphatic carbocycles. The van der Waals surface area contributed by atoms with E-state index >= 15 is 0 Å². The molecule has 0 spiro atoms. The van der Waals surface area contributed by atoms with Gasteiger partial charge in [0.25, 0.3) is 5.91 Å². The first-order chi connectivity index (χ1) is 19.2. The molecule has 3 heterocycles. The van der Waals surface area contributed by atoms with Gasteiger partial charge in [0, 0.05) is 23.1 Å². The number of benzene rings is 2. The maximum absolute atomic E-state index is 13.8. The Balaban J connectivity index is 1.53. The molecule has 9 heteroatoms. The number of rotatable bonds is 5. The van der Waals surface area contributed by atoms with Gasteiger partial charge in [-0.1, -0.05) is 31.5 Å². The molecule has 2 amide bonds. The van der Waals surface area contributed by atoms with E-state index in [-0.39, 0.29) is 24.2 Å².